The van der Waals surface area contributed by atoms with Gasteiger partial charge < -0.3 is 15.8 Å². The second-order valence-corrected chi connectivity index (χ2v) is 9.25. The molecular formula is C21H16BrN3O3S2. The van der Waals surface area contributed by atoms with Crippen LogP contribution in [0.25, 0.3) is 21.3 Å². The molecular weight excluding hydrogens is 486 g/mol. The van der Waals surface area contributed by atoms with Crippen LogP contribution in [0.3, 0.4) is 0 Å². The van der Waals surface area contributed by atoms with E-state index in [0.717, 1.165) is 21.1 Å². The molecule has 0 aliphatic carbocycles. The van der Waals surface area contributed by atoms with Crippen molar-refractivity contribution in [1.82, 2.24) is 4.98 Å². The van der Waals surface area contributed by atoms with Crippen LogP contribution in [-0.2, 0) is 4.74 Å². The molecule has 0 aliphatic heterocycles. The summed E-state index contributed by atoms with van der Waals surface area (Å²) in [5.41, 5.74) is 9.27. The van der Waals surface area contributed by atoms with Gasteiger partial charge in [-0.25, -0.2) is 9.78 Å². The van der Waals surface area contributed by atoms with Gasteiger partial charge in [-0.2, -0.15) is 0 Å². The number of hydrogen-bond donors (Lipinski definition) is 2. The van der Waals surface area contributed by atoms with Crippen LogP contribution < -0.4 is 11.1 Å². The van der Waals surface area contributed by atoms with Crippen LogP contribution in [0.5, 0.6) is 0 Å². The summed E-state index contributed by atoms with van der Waals surface area (Å²) >= 11 is 5.89. The van der Waals surface area contributed by atoms with Crippen molar-refractivity contribution in [3.05, 3.63) is 62.4 Å². The van der Waals surface area contributed by atoms with E-state index in [9.17, 15) is 9.59 Å². The van der Waals surface area contributed by atoms with Gasteiger partial charge in [0.25, 0.3) is 5.91 Å². The van der Waals surface area contributed by atoms with E-state index in [2.05, 4.69) is 26.2 Å². The molecule has 1 aromatic carbocycles. The molecule has 1 amide bonds. The number of pyridine rings is 1. The normalized spacial score (nSPS) is 10.9. The molecule has 0 unspecified atom stereocenters. The number of aryl methyl sites for hydroxylation is 1. The molecule has 0 atom stereocenters. The van der Waals surface area contributed by atoms with Gasteiger partial charge in [0, 0.05) is 26.5 Å². The van der Waals surface area contributed by atoms with Crippen LogP contribution >= 0.6 is 38.6 Å². The Morgan fingerprint density at radius 2 is 1.90 bits per heavy atom. The number of rotatable bonds is 4. The second kappa shape index (κ2) is 8.17. The quantitative estimate of drug-likeness (QED) is 0.349. The van der Waals surface area contributed by atoms with Gasteiger partial charge in [-0.15, -0.1) is 22.7 Å². The Labute approximate surface area is 188 Å². The van der Waals surface area contributed by atoms with Crippen LogP contribution in [0.4, 0.5) is 10.7 Å². The minimum atomic E-state index is -0.522. The predicted octanol–water partition coefficient (Wildman–Crippen LogP) is 5.72. The maximum Gasteiger partial charge on any atom is 0.341 e. The monoisotopic (exact) mass is 501 g/mol. The van der Waals surface area contributed by atoms with Crippen LogP contribution in [0.2, 0.25) is 0 Å². The lowest BCUT2D eigenvalue weighted by Gasteiger charge is -2.08. The fraction of sp³-hybridized carbons (Fsp3) is 0.0952. The van der Waals surface area contributed by atoms with Crippen LogP contribution in [0.1, 0.15) is 25.7 Å². The number of ether oxygens (including phenoxy) is 1. The third-order valence-electron chi connectivity index (χ3n) is 4.50. The fourth-order valence-corrected chi connectivity index (χ4v) is 5.27. The molecule has 9 heteroatoms. The number of amides is 1. The number of halogens is 1. The van der Waals surface area contributed by atoms with Gasteiger partial charge in [-0.05, 0) is 36.8 Å². The molecule has 0 saturated heterocycles. The zero-order valence-electron chi connectivity index (χ0n) is 16.0. The van der Waals surface area contributed by atoms with E-state index >= 15 is 0 Å². The summed E-state index contributed by atoms with van der Waals surface area (Å²) in [6, 6.07) is 11.3. The molecule has 6 nitrogen and oxygen atoms in total. The lowest BCUT2D eigenvalue weighted by Crippen LogP contribution is -2.14. The number of methoxy groups -OCH3 is 1. The van der Waals surface area contributed by atoms with Gasteiger partial charge >= 0.3 is 5.97 Å². The molecule has 4 rings (SSSR count). The second-order valence-electron chi connectivity index (χ2n) is 6.46. The predicted molar refractivity (Wildman–Crippen MR) is 126 cm³/mol. The SMILES string of the molecule is COC(=O)c1c(-c2ccc(Br)cc2)csc1NC(=O)c1sc2nc(C)ccc2c1N. The van der Waals surface area contributed by atoms with Crippen LogP contribution in [0.15, 0.2) is 46.3 Å². The first kappa shape index (κ1) is 20.5. The maximum absolute atomic E-state index is 13.0. The van der Waals surface area contributed by atoms with Crippen molar-refractivity contribution in [1.29, 1.82) is 0 Å². The third-order valence-corrected chi connectivity index (χ3v) is 7.04. The zero-order chi connectivity index (χ0) is 21.4. The van der Waals surface area contributed by atoms with E-state index < -0.39 is 5.97 Å². The Bertz CT molecular complexity index is 1280. The number of nitrogen functional groups attached to an aromatic ring is 1. The van der Waals surface area contributed by atoms with E-state index in [4.69, 9.17) is 10.5 Å². The van der Waals surface area contributed by atoms with Crippen molar-refractivity contribution >= 4 is 71.4 Å². The first-order chi connectivity index (χ1) is 14.4. The van der Waals surface area contributed by atoms with E-state index in [0.29, 0.717) is 31.5 Å². The van der Waals surface area contributed by atoms with Crippen molar-refractivity contribution < 1.29 is 14.3 Å². The number of nitrogens with zero attached hydrogens (tertiary/aromatic N) is 1. The minimum Gasteiger partial charge on any atom is -0.465 e. The van der Waals surface area contributed by atoms with E-state index in [-0.39, 0.29) is 5.91 Å². The molecule has 152 valence electrons. The number of nitrogens with two attached hydrogens (primary N) is 1. The molecule has 4 aromatic rings. The average molecular weight is 502 g/mol. The van der Waals surface area contributed by atoms with Gasteiger partial charge in [0.2, 0.25) is 0 Å². The average Bonchev–Trinajstić information content (AvgIpc) is 3.29. The van der Waals surface area contributed by atoms with E-state index in [1.807, 2.05) is 48.7 Å². The number of carbonyl (C=O) groups is 2. The Morgan fingerprint density at radius 1 is 1.17 bits per heavy atom. The van der Waals surface area contributed by atoms with E-state index in [1.54, 1.807) is 0 Å². The molecule has 0 aliphatic rings. The molecule has 30 heavy (non-hydrogen) atoms. The smallest absolute Gasteiger partial charge is 0.341 e. The molecule has 3 heterocycles. The van der Waals surface area contributed by atoms with Crippen molar-refractivity contribution in [3.8, 4) is 11.1 Å². The van der Waals surface area contributed by atoms with Gasteiger partial charge in [-0.1, -0.05) is 28.1 Å². The maximum atomic E-state index is 13.0. The summed E-state index contributed by atoms with van der Waals surface area (Å²) in [7, 11) is 1.31. The number of hydrogen-bond acceptors (Lipinski definition) is 7. The van der Waals surface area contributed by atoms with Crippen molar-refractivity contribution in [3.63, 3.8) is 0 Å². The van der Waals surface area contributed by atoms with Crippen molar-refractivity contribution in [2.24, 2.45) is 0 Å². The summed E-state index contributed by atoms with van der Waals surface area (Å²) in [5.74, 6) is -0.909. The first-order valence-electron chi connectivity index (χ1n) is 8.81. The highest BCUT2D eigenvalue weighted by molar-refractivity contribution is 9.10. The summed E-state index contributed by atoms with van der Waals surface area (Å²) < 4.78 is 5.90. The molecule has 0 saturated carbocycles. The molecule has 0 radical (unpaired) electrons. The lowest BCUT2D eigenvalue weighted by atomic mass is 10.0. The summed E-state index contributed by atoms with van der Waals surface area (Å²) in [5, 5.41) is 5.81. The number of esters is 1. The molecule has 3 N–H and O–H groups in total. The third kappa shape index (κ3) is 3.71. The van der Waals surface area contributed by atoms with Gasteiger partial charge in [0.05, 0.1) is 12.8 Å². The highest BCUT2D eigenvalue weighted by Crippen LogP contribution is 2.38. The van der Waals surface area contributed by atoms with Gasteiger partial charge in [0.15, 0.2) is 0 Å². The number of carbonyl (C=O) groups excluding carboxylic acids is 2. The standard InChI is InChI=1S/C21H16BrN3O3S2/c1-10-3-8-13-16(23)17(30-19(13)24-10)18(26)25-20-15(21(27)28-2)14(9-29-20)11-4-6-12(22)7-5-11/h3-9H,23H2,1-2H3,(H,25,26). The van der Waals surface area contributed by atoms with Crippen LogP contribution in [0, 0.1) is 6.92 Å². The number of thiophene rings is 2. The number of fused-ring (bicyclic) bond motifs is 1. The van der Waals surface area contributed by atoms with E-state index in [1.165, 1.54) is 29.8 Å². The number of anilines is 2. The topological polar surface area (TPSA) is 94.3 Å². The number of benzene rings is 1. The Morgan fingerprint density at radius 3 is 2.60 bits per heavy atom. The number of aromatic nitrogens is 1. The minimum absolute atomic E-state index is 0.312. The van der Waals surface area contributed by atoms with Crippen LogP contribution in [-0.4, -0.2) is 24.0 Å². The van der Waals surface area contributed by atoms with Gasteiger partial charge in [-0.3, -0.25) is 4.79 Å². The molecule has 0 bridgehead atoms. The summed E-state index contributed by atoms with van der Waals surface area (Å²) in [6.07, 6.45) is 0. The van der Waals surface area contributed by atoms with Crippen molar-refractivity contribution in [2.45, 2.75) is 6.92 Å². The largest absolute Gasteiger partial charge is 0.465 e. The number of nitrogens with one attached hydrogen (secondary N) is 1. The van der Waals surface area contributed by atoms with Crippen molar-refractivity contribution in [2.75, 3.05) is 18.2 Å². The molecule has 0 fully saturated rings. The Hall–Kier alpha value is -2.75. The highest BCUT2D eigenvalue weighted by atomic mass is 79.9. The lowest BCUT2D eigenvalue weighted by molar-refractivity contribution is 0.0603. The molecule has 3 aromatic heterocycles. The first-order valence-corrected chi connectivity index (χ1v) is 11.3. The van der Waals surface area contributed by atoms with Gasteiger partial charge in [0.1, 0.15) is 20.3 Å². The Kier molecular flexibility index (Phi) is 5.59. The Balaban J connectivity index is 1.72. The zero-order valence-corrected chi connectivity index (χ0v) is 19.2. The summed E-state index contributed by atoms with van der Waals surface area (Å²) in [4.78, 5) is 31.0. The molecule has 0 spiro atoms. The summed E-state index contributed by atoms with van der Waals surface area (Å²) in [6.45, 7) is 1.88. The fourth-order valence-electron chi connectivity index (χ4n) is 3.01. The highest BCUT2D eigenvalue weighted by Gasteiger charge is 2.24.